The Morgan fingerprint density at radius 3 is 2.60 bits per heavy atom. The van der Waals surface area contributed by atoms with Crippen LogP contribution in [0.4, 0.5) is 0 Å². The zero-order chi connectivity index (χ0) is 24.6. The quantitative estimate of drug-likeness (QED) is 0.480. The molecule has 5 rings (SSSR count). The van der Waals surface area contributed by atoms with Crippen molar-refractivity contribution in [3.05, 3.63) is 47.9 Å². The fourth-order valence-corrected chi connectivity index (χ4v) is 5.53. The highest BCUT2D eigenvalue weighted by atomic mass is 32.2. The van der Waals surface area contributed by atoms with Crippen LogP contribution in [-0.4, -0.2) is 35.4 Å². The lowest BCUT2D eigenvalue weighted by Gasteiger charge is -2.28. The molecular formula is C26H32N4O4S. The number of hydrogen-bond acceptors (Lipinski definition) is 6. The fraction of sp³-hybridized carbons (Fsp3) is 0.462. The van der Waals surface area contributed by atoms with Gasteiger partial charge >= 0.3 is 0 Å². The summed E-state index contributed by atoms with van der Waals surface area (Å²) in [4.78, 5) is 13.4. The summed E-state index contributed by atoms with van der Waals surface area (Å²) in [5.74, 6) is 3.30. The standard InChI is InChI=1S/C26H32N4O4S/c1-16-4-3-5-21(28-16)25-24(20-12-13-22-23(14-20)34-15-33-22)29-26(30-25)19-10-8-18(9-11-19)7-6-17(2)35(27,31)32/h3-5,12-14,17-19H,6-11,15H2,1-2H3,(H,29,30)(H2,27,31,32). The van der Waals surface area contributed by atoms with Crippen molar-refractivity contribution in [1.29, 1.82) is 0 Å². The first-order valence-electron chi connectivity index (χ1n) is 12.2. The molecule has 35 heavy (non-hydrogen) atoms. The molecular weight excluding hydrogens is 464 g/mol. The van der Waals surface area contributed by atoms with Crippen LogP contribution in [0, 0.1) is 12.8 Å². The number of aromatic amines is 1. The van der Waals surface area contributed by atoms with Gasteiger partial charge in [-0.3, -0.25) is 4.98 Å². The number of benzene rings is 1. The van der Waals surface area contributed by atoms with Gasteiger partial charge in [-0.05, 0) is 88.6 Å². The summed E-state index contributed by atoms with van der Waals surface area (Å²) in [6, 6.07) is 11.9. The molecule has 1 atom stereocenters. The van der Waals surface area contributed by atoms with E-state index in [2.05, 4.69) is 4.98 Å². The molecule has 1 unspecified atom stereocenters. The van der Waals surface area contributed by atoms with Gasteiger partial charge < -0.3 is 14.5 Å². The molecule has 186 valence electrons. The maximum Gasteiger partial charge on any atom is 0.231 e. The minimum absolute atomic E-state index is 0.232. The highest BCUT2D eigenvalue weighted by molar-refractivity contribution is 7.89. The molecule has 0 radical (unpaired) electrons. The average Bonchev–Trinajstić information content (AvgIpc) is 3.49. The van der Waals surface area contributed by atoms with Gasteiger partial charge in [-0.2, -0.15) is 0 Å². The highest BCUT2D eigenvalue weighted by Crippen LogP contribution is 2.41. The smallest absolute Gasteiger partial charge is 0.231 e. The van der Waals surface area contributed by atoms with Gasteiger partial charge in [-0.1, -0.05) is 6.07 Å². The molecule has 2 aromatic heterocycles. The van der Waals surface area contributed by atoms with Gasteiger partial charge in [0.1, 0.15) is 5.82 Å². The molecule has 8 nitrogen and oxygen atoms in total. The lowest BCUT2D eigenvalue weighted by Crippen LogP contribution is -2.26. The average molecular weight is 497 g/mol. The Morgan fingerprint density at radius 1 is 1.09 bits per heavy atom. The Hall–Kier alpha value is -2.91. The number of H-pyrrole nitrogens is 1. The SMILES string of the molecule is Cc1cccc(-c2[nH]c(C3CCC(CCC(C)S(N)(=O)=O)CC3)nc2-c2ccc3c(c2)OCO3)n1. The number of pyridine rings is 1. The first-order chi connectivity index (χ1) is 16.8. The molecule has 1 fully saturated rings. The Bertz CT molecular complexity index is 1310. The molecule has 0 amide bonds. The van der Waals surface area contributed by atoms with Crippen LogP contribution in [0.2, 0.25) is 0 Å². The van der Waals surface area contributed by atoms with Gasteiger partial charge in [0.05, 0.1) is 22.3 Å². The minimum atomic E-state index is -3.46. The van der Waals surface area contributed by atoms with E-state index in [-0.39, 0.29) is 6.79 Å². The van der Waals surface area contributed by atoms with Crippen molar-refractivity contribution >= 4 is 10.0 Å². The number of sulfonamides is 1. The van der Waals surface area contributed by atoms with E-state index in [9.17, 15) is 8.42 Å². The van der Waals surface area contributed by atoms with E-state index in [0.29, 0.717) is 18.3 Å². The summed E-state index contributed by atoms with van der Waals surface area (Å²) >= 11 is 0. The second kappa shape index (κ2) is 9.62. The largest absolute Gasteiger partial charge is 0.454 e. The van der Waals surface area contributed by atoms with Crippen LogP contribution in [0.25, 0.3) is 22.6 Å². The zero-order valence-corrected chi connectivity index (χ0v) is 21.0. The van der Waals surface area contributed by atoms with Gasteiger partial charge in [0.2, 0.25) is 16.8 Å². The summed E-state index contributed by atoms with van der Waals surface area (Å²) in [5, 5.41) is 4.80. The van der Waals surface area contributed by atoms with Gasteiger partial charge in [-0.15, -0.1) is 0 Å². The van der Waals surface area contributed by atoms with Crippen molar-refractivity contribution < 1.29 is 17.9 Å². The first-order valence-corrected chi connectivity index (χ1v) is 13.8. The molecule has 1 aliphatic carbocycles. The van der Waals surface area contributed by atoms with Crippen LogP contribution in [0.1, 0.15) is 62.9 Å². The molecule has 9 heteroatoms. The molecule has 0 spiro atoms. The Labute approximate surface area is 206 Å². The van der Waals surface area contributed by atoms with E-state index < -0.39 is 15.3 Å². The third-order valence-electron chi connectivity index (χ3n) is 7.29. The minimum Gasteiger partial charge on any atom is -0.454 e. The number of fused-ring (bicyclic) bond motifs is 1. The molecule has 0 saturated heterocycles. The molecule has 0 bridgehead atoms. The summed E-state index contributed by atoms with van der Waals surface area (Å²) < 4.78 is 34.2. The number of ether oxygens (including phenoxy) is 2. The molecule has 3 N–H and O–H groups in total. The number of primary sulfonamides is 1. The lowest BCUT2D eigenvalue weighted by molar-refractivity contribution is 0.174. The molecule has 3 heterocycles. The number of aromatic nitrogens is 3. The van der Waals surface area contributed by atoms with E-state index in [1.54, 1.807) is 6.92 Å². The third kappa shape index (κ3) is 5.21. The number of aryl methyl sites for hydroxylation is 1. The van der Waals surface area contributed by atoms with Crippen molar-refractivity contribution in [2.75, 3.05) is 6.79 Å². The van der Waals surface area contributed by atoms with Crippen LogP contribution in [-0.2, 0) is 10.0 Å². The summed E-state index contributed by atoms with van der Waals surface area (Å²) in [6.07, 6.45) is 5.66. The van der Waals surface area contributed by atoms with Crippen LogP contribution in [0.3, 0.4) is 0 Å². The topological polar surface area (TPSA) is 120 Å². The number of nitrogens with one attached hydrogen (secondary N) is 1. The highest BCUT2D eigenvalue weighted by Gasteiger charge is 2.28. The lowest BCUT2D eigenvalue weighted by atomic mass is 9.79. The van der Waals surface area contributed by atoms with E-state index in [1.807, 2.05) is 43.3 Å². The number of nitrogens with two attached hydrogens (primary N) is 1. The van der Waals surface area contributed by atoms with E-state index in [0.717, 1.165) is 77.8 Å². The van der Waals surface area contributed by atoms with Crippen molar-refractivity contribution in [1.82, 2.24) is 15.0 Å². The van der Waals surface area contributed by atoms with Crippen molar-refractivity contribution in [3.63, 3.8) is 0 Å². The van der Waals surface area contributed by atoms with E-state index >= 15 is 0 Å². The van der Waals surface area contributed by atoms with Gasteiger partial charge in [0.15, 0.2) is 11.5 Å². The number of nitrogens with zero attached hydrogens (tertiary/aromatic N) is 2. The maximum absolute atomic E-state index is 11.5. The zero-order valence-electron chi connectivity index (χ0n) is 20.2. The first kappa shape index (κ1) is 23.8. The summed E-state index contributed by atoms with van der Waals surface area (Å²) in [6.45, 7) is 3.91. The number of hydrogen-bond donors (Lipinski definition) is 2. The second-order valence-electron chi connectivity index (χ2n) is 9.77. The van der Waals surface area contributed by atoms with Crippen LogP contribution in [0.15, 0.2) is 36.4 Å². The summed E-state index contributed by atoms with van der Waals surface area (Å²) in [7, 11) is -3.46. The van der Waals surface area contributed by atoms with Crippen molar-refractivity contribution in [3.8, 4) is 34.1 Å². The molecule has 2 aliphatic rings. The molecule has 1 saturated carbocycles. The monoisotopic (exact) mass is 496 g/mol. The Balaban J connectivity index is 1.37. The van der Waals surface area contributed by atoms with E-state index in [1.165, 1.54) is 0 Å². The maximum atomic E-state index is 11.5. The van der Waals surface area contributed by atoms with Crippen LogP contribution < -0.4 is 14.6 Å². The molecule has 1 aliphatic heterocycles. The molecule has 3 aromatic rings. The van der Waals surface area contributed by atoms with E-state index in [4.69, 9.17) is 24.6 Å². The number of rotatable bonds is 7. The Morgan fingerprint density at radius 2 is 1.86 bits per heavy atom. The fourth-order valence-electron chi connectivity index (χ4n) is 5.06. The second-order valence-corrected chi connectivity index (χ2v) is 11.8. The van der Waals surface area contributed by atoms with Gasteiger partial charge in [0.25, 0.3) is 0 Å². The number of imidazole rings is 1. The normalized spacial score (nSPS) is 20.7. The van der Waals surface area contributed by atoms with Crippen LogP contribution >= 0.6 is 0 Å². The third-order valence-corrected chi connectivity index (χ3v) is 8.65. The summed E-state index contributed by atoms with van der Waals surface area (Å²) in [5.41, 5.74) is 4.54. The van der Waals surface area contributed by atoms with Crippen molar-refractivity contribution in [2.24, 2.45) is 11.1 Å². The van der Waals surface area contributed by atoms with Gasteiger partial charge in [0, 0.05) is 17.2 Å². The molecule has 1 aromatic carbocycles. The van der Waals surface area contributed by atoms with Crippen molar-refractivity contribution in [2.45, 2.75) is 63.5 Å². The predicted octanol–water partition coefficient (Wildman–Crippen LogP) is 4.91. The Kier molecular flexibility index (Phi) is 6.55. The van der Waals surface area contributed by atoms with Crippen LogP contribution in [0.5, 0.6) is 11.5 Å². The van der Waals surface area contributed by atoms with Gasteiger partial charge in [-0.25, -0.2) is 18.5 Å². The predicted molar refractivity (Wildman–Crippen MR) is 135 cm³/mol.